The molecule has 0 unspecified atom stereocenters. The van der Waals surface area contributed by atoms with E-state index in [0.717, 1.165) is 33.9 Å². The Labute approximate surface area is 170 Å². The Balaban J connectivity index is 1.79. The van der Waals surface area contributed by atoms with Crippen molar-refractivity contribution in [2.75, 3.05) is 14.2 Å². The summed E-state index contributed by atoms with van der Waals surface area (Å²) in [6.07, 6.45) is 0.380. The summed E-state index contributed by atoms with van der Waals surface area (Å²) in [6.45, 7) is 0. The lowest BCUT2D eigenvalue weighted by Gasteiger charge is -2.31. The second-order valence-corrected chi connectivity index (χ2v) is 6.94. The third-order valence-electron chi connectivity index (χ3n) is 5.18. The monoisotopic (exact) mass is 388 g/mol. The molecular formula is C24H24N2O3. The van der Waals surface area contributed by atoms with Crippen LogP contribution in [0.5, 0.6) is 17.2 Å². The minimum atomic E-state index is -0.236. The van der Waals surface area contributed by atoms with Crippen LogP contribution in [0.25, 0.3) is 0 Å². The first-order valence-electron chi connectivity index (χ1n) is 9.57. The molecule has 1 aliphatic heterocycles. The minimum absolute atomic E-state index is 0.0580. The van der Waals surface area contributed by atoms with E-state index in [2.05, 4.69) is 17.4 Å². The molecule has 2 N–H and O–H groups in total. The zero-order valence-corrected chi connectivity index (χ0v) is 16.5. The fraction of sp³-hybridized carbons (Fsp3) is 0.208. The minimum Gasteiger partial charge on any atom is -0.507 e. The number of para-hydroxylation sites is 1. The van der Waals surface area contributed by atoms with Crippen LogP contribution in [-0.4, -0.2) is 25.0 Å². The van der Waals surface area contributed by atoms with Gasteiger partial charge in [-0.1, -0.05) is 42.5 Å². The highest BCUT2D eigenvalue weighted by atomic mass is 16.5. The highest BCUT2D eigenvalue weighted by molar-refractivity contribution is 6.03. The molecule has 0 amide bonds. The molecule has 0 fully saturated rings. The van der Waals surface area contributed by atoms with Gasteiger partial charge in [0.25, 0.3) is 0 Å². The molecule has 3 aromatic carbocycles. The molecule has 0 saturated carbocycles. The number of hydrogen-bond donors (Lipinski definition) is 2. The summed E-state index contributed by atoms with van der Waals surface area (Å²) in [7, 11) is 3.32. The van der Waals surface area contributed by atoms with Crippen LogP contribution >= 0.6 is 0 Å². The Morgan fingerprint density at radius 2 is 1.69 bits per heavy atom. The molecule has 5 heteroatoms. The number of rotatable bonds is 5. The molecular weight excluding hydrogens is 364 g/mol. The van der Waals surface area contributed by atoms with Crippen LogP contribution in [0.4, 0.5) is 0 Å². The highest BCUT2D eigenvalue weighted by Crippen LogP contribution is 2.37. The summed E-state index contributed by atoms with van der Waals surface area (Å²) in [5.74, 6) is 1.79. The van der Waals surface area contributed by atoms with Crippen molar-refractivity contribution in [3.63, 3.8) is 0 Å². The van der Waals surface area contributed by atoms with Gasteiger partial charge in [0.15, 0.2) is 0 Å². The standard InChI is InChI=1S/C24H24N2O3/c1-28-17-12-13-23(29-2)19(14-17)21-15-20(18-10-6-7-11-22(18)27)25-24(26-21)16-8-4-3-5-9-16/h3-14,21,24,26-27H,15H2,1-2H3/t21-,24-/m0/s1. The SMILES string of the molecule is COc1ccc(OC)c([C@@H]2CC(c3ccccc3O)=N[C@H](c3ccccc3)N2)c1. The van der Waals surface area contributed by atoms with Crippen molar-refractivity contribution in [3.8, 4) is 17.2 Å². The van der Waals surface area contributed by atoms with Gasteiger partial charge in [-0.15, -0.1) is 0 Å². The molecule has 0 saturated heterocycles. The lowest BCUT2D eigenvalue weighted by atomic mass is 9.93. The number of aliphatic imine (C=N–C) groups is 1. The van der Waals surface area contributed by atoms with Gasteiger partial charge in [-0.05, 0) is 35.9 Å². The summed E-state index contributed by atoms with van der Waals surface area (Å²) in [4.78, 5) is 4.93. The maximum atomic E-state index is 10.4. The number of phenolic OH excluding ortho intramolecular Hbond substituents is 1. The maximum Gasteiger partial charge on any atom is 0.126 e. The van der Waals surface area contributed by atoms with Gasteiger partial charge in [-0.3, -0.25) is 10.3 Å². The van der Waals surface area contributed by atoms with Gasteiger partial charge in [0.05, 0.1) is 19.9 Å². The quantitative estimate of drug-likeness (QED) is 0.669. The van der Waals surface area contributed by atoms with Crippen molar-refractivity contribution in [1.82, 2.24) is 5.32 Å². The van der Waals surface area contributed by atoms with Crippen molar-refractivity contribution in [3.05, 3.63) is 89.5 Å². The van der Waals surface area contributed by atoms with Crippen molar-refractivity contribution in [2.45, 2.75) is 18.6 Å². The molecule has 0 radical (unpaired) electrons. The van der Waals surface area contributed by atoms with Gasteiger partial charge in [0.1, 0.15) is 23.4 Å². The van der Waals surface area contributed by atoms with Gasteiger partial charge in [0.2, 0.25) is 0 Å². The maximum absolute atomic E-state index is 10.4. The van der Waals surface area contributed by atoms with E-state index in [-0.39, 0.29) is 18.0 Å². The van der Waals surface area contributed by atoms with Crippen molar-refractivity contribution >= 4 is 5.71 Å². The highest BCUT2D eigenvalue weighted by Gasteiger charge is 2.29. The molecule has 5 nitrogen and oxygen atoms in total. The Morgan fingerprint density at radius 1 is 0.931 bits per heavy atom. The van der Waals surface area contributed by atoms with E-state index < -0.39 is 0 Å². The van der Waals surface area contributed by atoms with Crippen LogP contribution in [0.2, 0.25) is 0 Å². The fourth-order valence-electron chi connectivity index (χ4n) is 3.70. The van der Waals surface area contributed by atoms with Crippen LogP contribution in [0.3, 0.4) is 0 Å². The Hall–Kier alpha value is -3.31. The first-order valence-corrected chi connectivity index (χ1v) is 9.57. The molecule has 2 atom stereocenters. The van der Waals surface area contributed by atoms with E-state index in [1.165, 1.54) is 0 Å². The van der Waals surface area contributed by atoms with Crippen LogP contribution in [0, 0.1) is 0 Å². The number of aromatic hydroxyl groups is 1. The van der Waals surface area contributed by atoms with E-state index in [1.807, 2.05) is 54.6 Å². The van der Waals surface area contributed by atoms with Crippen molar-refractivity contribution < 1.29 is 14.6 Å². The largest absolute Gasteiger partial charge is 0.507 e. The molecule has 29 heavy (non-hydrogen) atoms. The van der Waals surface area contributed by atoms with Crippen LogP contribution in [0.1, 0.15) is 35.3 Å². The average Bonchev–Trinajstić information content (AvgIpc) is 2.79. The first-order chi connectivity index (χ1) is 14.2. The van der Waals surface area contributed by atoms with Gasteiger partial charge >= 0.3 is 0 Å². The summed E-state index contributed by atoms with van der Waals surface area (Å²) in [5, 5.41) is 14.0. The van der Waals surface area contributed by atoms with E-state index in [4.69, 9.17) is 14.5 Å². The van der Waals surface area contributed by atoms with Crippen molar-refractivity contribution in [1.29, 1.82) is 0 Å². The molecule has 3 aromatic rings. The predicted molar refractivity (Wildman–Crippen MR) is 114 cm³/mol. The van der Waals surface area contributed by atoms with Crippen LogP contribution in [0.15, 0.2) is 77.8 Å². The number of phenols is 1. The first kappa shape index (κ1) is 19.0. The molecule has 0 spiro atoms. The lowest BCUT2D eigenvalue weighted by molar-refractivity contribution is 0.378. The molecule has 0 bridgehead atoms. The zero-order chi connectivity index (χ0) is 20.2. The number of benzene rings is 3. The molecule has 148 valence electrons. The number of ether oxygens (including phenoxy) is 2. The molecule has 4 rings (SSSR count). The Kier molecular flexibility index (Phi) is 5.49. The Bertz CT molecular complexity index is 1020. The van der Waals surface area contributed by atoms with E-state index in [9.17, 15) is 5.11 Å². The number of methoxy groups -OCH3 is 2. The lowest BCUT2D eigenvalue weighted by Crippen LogP contribution is -2.33. The van der Waals surface area contributed by atoms with Gasteiger partial charge < -0.3 is 14.6 Å². The van der Waals surface area contributed by atoms with Crippen molar-refractivity contribution in [2.24, 2.45) is 4.99 Å². The predicted octanol–water partition coefficient (Wildman–Crippen LogP) is 4.63. The number of nitrogens with zero attached hydrogens (tertiary/aromatic N) is 1. The van der Waals surface area contributed by atoms with Gasteiger partial charge in [0, 0.05) is 23.6 Å². The van der Waals surface area contributed by atoms with E-state index in [0.29, 0.717) is 6.42 Å². The van der Waals surface area contributed by atoms with Crippen LogP contribution in [-0.2, 0) is 0 Å². The summed E-state index contributed by atoms with van der Waals surface area (Å²) >= 11 is 0. The molecule has 0 aliphatic carbocycles. The topological polar surface area (TPSA) is 63.1 Å². The molecule has 1 aliphatic rings. The van der Waals surface area contributed by atoms with E-state index in [1.54, 1.807) is 20.3 Å². The Morgan fingerprint density at radius 3 is 2.41 bits per heavy atom. The summed E-state index contributed by atoms with van der Waals surface area (Å²) < 4.78 is 11.1. The van der Waals surface area contributed by atoms with Crippen LogP contribution < -0.4 is 14.8 Å². The molecule has 0 aromatic heterocycles. The average molecular weight is 388 g/mol. The third kappa shape index (κ3) is 3.96. The number of hydrogen-bond acceptors (Lipinski definition) is 5. The normalized spacial score (nSPS) is 18.8. The second-order valence-electron chi connectivity index (χ2n) is 6.94. The zero-order valence-electron chi connectivity index (χ0n) is 16.5. The number of nitrogens with one attached hydrogen (secondary N) is 1. The third-order valence-corrected chi connectivity index (χ3v) is 5.18. The summed E-state index contributed by atoms with van der Waals surface area (Å²) in [5.41, 5.74) is 3.66. The summed E-state index contributed by atoms with van der Waals surface area (Å²) in [6, 6.07) is 23.2. The molecule has 1 heterocycles. The van der Waals surface area contributed by atoms with E-state index >= 15 is 0 Å². The second kappa shape index (κ2) is 8.37. The smallest absolute Gasteiger partial charge is 0.126 e. The van der Waals surface area contributed by atoms with Gasteiger partial charge in [-0.2, -0.15) is 0 Å². The van der Waals surface area contributed by atoms with Gasteiger partial charge in [-0.25, -0.2) is 0 Å². The fourth-order valence-corrected chi connectivity index (χ4v) is 3.70.